The maximum atomic E-state index is 11.1. The zero-order valence-corrected chi connectivity index (χ0v) is 11.8. The Kier molecular flexibility index (Phi) is 4.50. The van der Waals surface area contributed by atoms with Crippen LogP contribution in [0.4, 0.5) is 5.82 Å². The number of likely N-dealkylation sites (N-methyl/N-ethyl adjacent to an activating group) is 1. The zero-order valence-electron chi connectivity index (χ0n) is 11.8. The number of phenols is 1. The quantitative estimate of drug-likeness (QED) is 0.743. The molecule has 0 unspecified atom stereocenters. The summed E-state index contributed by atoms with van der Waals surface area (Å²) in [5.41, 5.74) is 1.88. The average Bonchev–Trinajstić information content (AvgIpc) is 2.53. The van der Waals surface area contributed by atoms with Crippen molar-refractivity contribution < 1.29 is 9.90 Å². The summed E-state index contributed by atoms with van der Waals surface area (Å²) in [6.45, 7) is 0. The highest BCUT2D eigenvalue weighted by Crippen LogP contribution is 2.28. The van der Waals surface area contributed by atoms with Gasteiger partial charge in [-0.1, -0.05) is 6.07 Å². The first-order valence-corrected chi connectivity index (χ1v) is 6.38. The molecule has 0 bridgehead atoms. The molecule has 0 aliphatic carbocycles. The van der Waals surface area contributed by atoms with E-state index in [9.17, 15) is 9.90 Å². The molecule has 2 aromatic rings. The first kappa shape index (κ1) is 14.5. The third kappa shape index (κ3) is 3.56. The van der Waals surface area contributed by atoms with E-state index in [0.717, 1.165) is 5.56 Å². The van der Waals surface area contributed by atoms with Crippen LogP contribution in [-0.2, 0) is 4.79 Å². The lowest BCUT2D eigenvalue weighted by Gasteiger charge is -2.05. The minimum absolute atomic E-state index is 0.0839. The Morgan fingerprint density at radius 2 is 2.00 bits per heavy atom. The van der Waals surface area contributed by atoms with E-state index in [1.54, 1.807) is 50.5 Å². The fourth-order valence-electron chi connectivity index (χ4n) is 1.73. The lowest BCUT2D eigenvalue weighted by atomic mass is 10.1. The molecule has 0 radical (unpaired) electrons. The number of nitrogens with one attached hydrogen (secondary N) is 2. The van der Waals surface area contributed by atoms with Crippen LogP contribution in [0, 0.1) is 0 Å². The van der Waals surface area contributed by atoms with Crippen molar-refractivity contribution in [1.82, 2.24) is 15.5 Å². The Balaban J connectivity index is 2.26. The topological polar surface area (TPSA) is 87.1 Å². The molecule has 3 N–H and O–H groups in total. The molecule has 0 aliphatic heterocycles. The van der Waals surface area contributed by atoms with Crippen molar-refractivity contribution in [1.29, 1.82) is 0 Å². The molecule has 0 atom stereocenters. The second-order valence-electron chi connectivity index (χ2n) is 4.28. The molecule has 1 heterocycles. The molecule has 6 nitrogen and oxygen atoms in total. The predicted octanol–water partition coefficient (Wildman–Crippen LogP) is 1.65. The SMILES string of the molecule is CNC(=O)/C=C/c1ccc(-c2ccc(NC)nn2)c(O)c1. The normalized spacial score (nSPS) is 10.6. The van der Waals surface area contributed by atoms with Crippen LogP contribution in [0.2, 0.25) is 0 Å². The van der Waals surface area contributed by atoms with E-state index in [-0.39, 0.29) is 11.7 Å². The molecule has 0 aliphatic rings. The van der Waals surface area contributed by atoms with Crippen LogP contribution < -0.4 is 10.6 Å². The fraction of sp³-hybridized carbons (Fsp3) is 0.133. The van der Waals surface area contributed by atoms with Gasteiger partial charge in [0.1, 0.15) is 11.6 Å². The second-order valence-corrected chi connectivity index (χ2v) is 4.28. The number of benzene rings is 1. The Labute approximate surface area is 122 Å². The number of hydrogen-bond acceptors (Lipinski definition) is 5. The number of anilines is 1. The maximum absolute atomic E-state index is 11.1. The highest BCUT2D eigenvalue weighted by Gasteiger charge is 2.07. The number of nitrogens with zero attached hydrogens (tertiary/aromatic N) is 2. The largest absolute Gasteiger partial charge is 0.507 e. The molecule has 108 valence electrons. The van der Waals surface area contributed by atoms with Crippen molar-refractivity contribution >= 4 is 17.8 Å². The van der Waals surface area contributed by atoms with E-state index in [1.807, 2.05) is 0 Å². The smallest absolute Gasteiger partial charge is 0.243 e. The van der Waals surface area contributed by atoms with Crippen LogP contribution in [0.25, 0.3) is 17.3 Å². The zero-order chi connectivity index (χ0) is 15.2. The first-order valence-electron chi connectivity index (χ1n) is 6.38. The Hall–Kier alpha value is -2.89. The van der Waals surface area contributed by atoms with Gasteiger partial charge in [-0.05, 0) is 35.9 Å². The van der Waals surface area contributed by atoms with Gasteiger partial charge in [-0.25, -0.2) is 0 Å². The van der Waals surface area contributed by atoms with E-state index < -0.39 is 0 Å². The Morgan fingerprint density at radius 3 is 2.57 bits per heavy atom. The summed E-state index contributed by atoms with van der Waals surface area (Å²) in [5.74, 6) is 0.538. The van der Waals surface area contributed by atoms with Gasteiger partial charge in [-0.3, -0.25) is 4.79 Å². The summed E-state index contributed by atoms with van der Waals surface area (Å²) in [6.07, 6.45) is 3.02. The van der Waals surface area contributed by atoms with E-state index in [4.69, 9.17) is 0 Å². The number of amides is 1. The lowest BCUT2D eigenvalue weighted by molar-refractivity contribution is -0.115. The summed E-state index contributed by atoms with van der Waals surface area (Å²) >= 11 is 0. The molecule has 0 saturated carbocycles. The van der Waals surface area contributed by atoms with Gasteiger partial charge in [0.25, 0.3) is 0 Å². The monoisotopic (exact) mass is 284 g/mol. The number of carbonyl (C=O) groups is 1. The summed E-state index contributed by atoms with van der Waals surface area (Å²) in [4.78, 5) is 11.1. The van der Waals surface area contributed by atoms with Crippen LogP contribution >= 0.6 is 0 Å². The molecule has 0 saturated heterocycles. The van der Waals surface area contributed by atoms with Gasteiger partial charge in [0.05, 0.1) is 5.69 Å². The molecule has 1 aromatic heterocycles. The molecule has 0 spiro atoms. The van der Waals surface area contributed by atoms with Crippen molar-refractivity contribution in [2.75, 3.05) is 19.4 Å². The number of carbonyl (C=O) groups excluding carboxylic acids is 1. The minimum atomic E-state index is -0.202. The van der Waals surface area contributed by atoms with Gasteiger partial charge >= 0.3 is 0 Å². The standard InChI is InChI=1S/C15H16N4O2/c1-16-14-7-6-12(18-19-14)11-5-3-10(9-13(11)20)4-8-15(21)17-2/h3-9,20H,1-2H3,(H,16,19)(H,17,21)/b8-4+. The number of hydrogen-bond donors (Lipinski definition) is 3. The number of rotatable bonds is 4. The molecule has 1 aromatic carbocycles. The van der Waals surface area contributed by atoms with Gasteiger partial charge in [0.2, 0.25) is 5.91 Å². The number of aromatic hydroxyl groups is 1. The van der Waals surface area contributed by atoms with Crippen LogP contribution in [0.5, 0.6) is 5.75 Å². The van der Waals surface area contributed by atoms with Crippen LogP contribution in [0.1, 0.15) is 5.56 Å². The molecule has 6 heteroatoms. The third-order valence-corrected chi connectivity index (χ3v) is 2.89. The molecular formula is C15H16N4O2. The summed E-state index contributed by atoms with van der Waals surface area (Å²) in [7, 11) is 3.31. The van der Waals surface area contributed by atoms with Gasteiger partial charge in [-0.15, -0.1) is 10.2 Å². The van der Waals surface area contributed by atoms with Crippen molar-refractivity contribution in [3.8, 4) is 17.0 Å². The fourth-order valence-corrected chi connectivity index (χ4v) is 1.73. The number of phenolic OH excluding ortho intramolecular Hbond substituents is 1. The van der Waals surface area contributed by atoms with E-state index in [0.29, 0.717) is 17.1 Å². The number of aromatic nitrogens is 2. The van der Waals surface area contributed by atoms with Crippen LogP contribution in [0.3, 0.4) is 0 Å². The van der Waals surface area contributed by atoms with Crippen molar-refractivity contribution in [2.24, 2.45) is 0 Å². The molecule has 21 heavy (non-hydrogen) atoms. The maximum Gasteiger partial charge on any atom is 0.243 e. The Bertz CT molecular complexity index is 666. The third-order valence-electron chi connectivity index (χ3n) is 2.89. The minimum Gasteiger partial charge on any atom is -0.507 e. The van der Waals surface area contributed by atoms with Gasteiger partial charge in [0, 0.05) is 25.7 Å². The highest BCUT2D eigenvalue weighted by molar-refractivity contribution is 5.91. The summed E-state index contributed by atoms with van der Waals surface area (Å²) < 4.78 is 0. The van der Waals surface area contributed by atoms with E-state index in [2.05, 4.69) is 20.8 Å². The molecule has 1 amide bonds. The summed E-state index contributed by atoms with van der Waals surface area (Å²) in [5, 5.41) is 23.5. The van der Waals surface area contributed by atoms with Crippen molar-refractivity contribution in [2.45, 2.75) is 0 Å². The van der Waals surface area contributed by atoms with Crippen molar-refractivity contribution in [3.63, 3.8) is 0 Å². The summed E-state index contributed by atoms with van der Waals surface area (Å²) in [6, 6.07) is 8.65. The van der Waals surface area contributed by atoms with E-state index in [1.165, 1.54) is 6.08 Å². The van der Waals surface area contributed by atoms with Gasteiger partial charge in [0.15, 0.2) is 0 Å². The van der Waals surface area contributed by atoms with Gasteiger partial charge < -0.3 is 15.7 Å². The van der Waals surface area contributed by atoms with Crippen LogP contribution in [-0.4, -0.2) is 35.3 Å². The van der Waals surface area contributed by atoms with Gasteiger partial charge in [-0.2, -0.15) is 0 Å². The average molecular weight is 284 g/mol. The van der Waals surface area contributed by atoms with E-state index >= 15 is 0 Å². The first-order chi connectivity index (χ1) is 10.1. The highest BCUT2D eigenvalue weighted by atomic mass is 16.3. The molecular weight excluding hydrogens is 268 g/mol. The lowest BCUT2D eigenvalue weighted by Crippen LogP contribution is -2.13. The second kappa shape index (κ2) is 6.51. The Morgan fingerprint density at radius 1 is 1.19 bits per heavy atom. The van der Waals surface area contributed by atoms with Crippen molar-refractivity contribution in [3.05, 3.63) is 42.0 Å². The molecule has 2 rings (SSSR count). The molecule has 0 fully saturated rings. The predicted molar refractivity (Wildman–Crippen MR) is 81.8 cm³/mol. The van der Waals surface area contributed by atoms with Crippen LogP contribution in [0.15, 0.2) is 36.4 Å².